The van der Waals surface area contributed by atoms with Crippen molar-refractivity contribution >= 4 is 17.3 Å². The number of anilines is 2. The topological polar surface area (TPSA) is 81.6 Å². The molecule has 1 fully saturated rings. The first-order chi connectivity index (χ1) is 8.13. The van der Waals surface area contributed by atoms with Gasteiger partial charge in [-0.05, 0) is 25.0 Å². The minimum atomic E-state index is -0.279. The molecule has 0 bridgehead atoms. The summed E-state index contributed by atoms with van der Waals surface area (Å²) in [6.45, 7) is 0.834. The molecule has 1 heterocycles. The lowest BCUT2D eigenvalue weighted by Gasteiger charge is -2.25. The van der Waals surface area contributed by atoms with E-state index in [1.54, 1.807) is 13.2 Å². The molecule has 1 aliphatic heterocycles. The Morgan fingerprint density at radius 1 is 1.53 bits per heavy atom. The fourth-order valence-electron chi connectivity index (χ4n) is 2.25. The maximum Gasteiger partial charge on any atom is 0.240 e. The van der Waals surface area contributed by atoms with Crippen molar-refractivity contribution in [1.29, 1.82) is 0 Å². The van der Waals surface area contributed by atoms with E-state index in [4.69, 9.17) is 16.2 Å². The van der Waals surface area contributed by atoms with Gasteiger partial charge < -0.3 is 21.1 Å². The Kier molecular flexibility index (Phi) is 3.08. The van der Waals surface area contributed by atoms with Crippen molar-refractivity contribution in [1.82, 2.24) is 0 Å². The Balaban J connectivity index is 2.30. The summed E-state index contributed by atoms with van der Waals surface area (Å²) in [7, 11) is 1.57. The average Bonchev–Trinajstić information content (AvgIpc) is 2.78. The predicted molar refractivity (Wildman–Crippen MR) is 67.0 cm³/mol. The lowest BCUT2D eigenvalue weighted by Crippen LogP contribution is -2.40. The van der Waals surface area contributed by atoms with E-state index in [2.05, 4.69) is 0 Å². The highest BCUT2D eigenvalue weighted by Gasteiger charge is 2.29. The number of amides is 1. The zero-order chi connectivity index (χ0) is 12.4. The highest BCUT2D eigenvalue weighted by Crippen LogP contribution is 2.31. The summed E-state index contributed by atoms with van der Waals surface area (Å²) in [5.41, 5.74) is 12.7. The number of nitrogens with two attached hydrogens (primary N) is 2. The Hall–Kier alpha value is -1.91. The van der Waals surface area contributed by atoms with E-state index in [0.29, 0.717) is 11.4 Å². The molecule has 5 nitrogen and oxygen atoms in total. The number of primary amides is 1. The monoisotopic (exact) mass is 235 g/mol. The Morgan fingerprint density at radius 2 is 2.29 bits per heavy atom. The molecule has 1 aromatic rings. The van der Waals surface area contributed by atoms with E-state index in [9.17, 15) is 4.79 Å². The quantitative estimate of drug-likeness (QED) is 0.757. The van der Waals surface area contributed by atoms with Crippen LogP contribution < -0.4 is 21.1 Å². The molecule has 5 heteroatoms. The molecule has 2 rings (SSSR count). The smallest absolute Gasteiger partial charge is 0.240 e. The van der Waals surface area contributed by atoms with E-state index in [1.165, 1.54) is 0 Å². The number of rotatable bonds is 3. The Labute approximate surface area is 100 Å². The molecule has 1 aliphatic rings. The lowest BCUT2D eigenvalue weighted by atomic mass is 10.2. The molecular weight excluding hydrogens is 218 g/mol. The molecule has 1 aromatic carbocycles. The summed E-state index contributed by atoms with van der Waals surface area (Å²) in [5, 5.41) is 0. The van der Waals surface area contributed by atoms with Crippen molar-refractivity contribution < 1.29 is 9.53 Å². The van der Waals surface area contributed by atoms with Crippen molar-refractivity contribution in [3.8, 4) is 5.75 Å². The summed E-state index contributed by atoms with van der Waals surface area (Å²) in [6.07, 6.45) is 1.78. The number of hydrogen-bond donors (Lipinski definition) is 2. The molecule has 0 spiro atoms. The van der Waals surface area contributed by atoms with Crippen LogP contribution in [0.5, 0.6) is 5.75 Å². The van der Waals surface area contributed by atoms with Crippen molar-refractivity contribution in [3.05, 3.63) is 18.2 Å². The lowest BCUT2D eigenvalue weighted by molar-refractivity contribution is -0.119. The third-order valence-electron chi connectivity index (χ3n) is 3.13. The van der Waals surface area contributed by atoms with Crippen LogP contribution in [0.25, 0.3) is 0 Å². The second-order valence-corrected chi connectivity index (χ2v) is 4.18. The molecule has 0 radical (unpaired) electrons. The number of nitrogen functional groups attached to an aromatic ring is 1. The van der Waals surface area contributed by atoms with Gasteiger partial charge in [-0.2, -0.15) is 0 Å². The van der Waals surface area contributed by atoms with Crippen molar-refractivity contribution in [2.24, 2.45) is 5.73 Å². The predicted octanol–water partition coefficient (Wildman–Crippen LogP) is 0.731. The molecule has 1 atom stereocenters. The van der Waals surface area contributed by atoms with E-state index in [0.717, 1.165) is 25.1 Å². The maximum atomic E-state index is 11.3. The third kappa shape index (κ3) is 2.13. The Morgan fingerprint density at radius 3 is 2.94 bits per heavy atom. The van der Waals surface area contributed by atoms with Crippen LogP contribution in [-0.4, -0.2) is 25.6 Å². The van der Waals surface area contributed by atoms with Gasteiger partial charge in [0.15, 0.2) is 0 Å². The van der Waals surface area contributed by atoms with Crippen LogP contribution in [0.1, 0.15) is 12.8 Å². The van der Waals surface area contributed by atoms with Gasteiger partial charge in [0, 0.05) is 18.3 Å². The standard InChI is InChI=1S/C12H17N3O2/c1-17-11-7-8(4-5-9(11)13)15-6-2-3-10(15)12(14)16/h4-5,7,10H,2-3,6,13H2,1H3,(H2,14,16)/t10-/m0/s1. The first-order valence-electron chi connectivity index (χ1n) is 5.63. The number of methoxy groups -OCH3 is 1. The van der Waals surface area contributed by atoms with Crippen molar-refractivity contribution in [2.75, 3.05) is 24.3 Å². The van der Waals surface area contributed by atoms with Crippen molar-refractivity contribution in [3.63, 3.8) is 0 Å². The first kappa shape index (κ1) is 11.6. The van der Waals surface area contributed by atoms with Gasteiger partial charge in [0.05, 0.1) is 12.8 Å². The SMILES string of the molecule is COc1cc(N2CCC[C@H]2C(N)=O)ccc1N. The average molecular weight is 235 g/mol. The molecule has 92 valence electrons. The van der Waals surface area contributed by atoms with E-state index < -0.39 is 0 Å². The van der Waals surface area contributed by atoms with Crippen LogP contribution in [0.2, 0.25) is 0 Å². The summed E-state index contributed by atoms with van der Waals surface area (Å²) in [5.74, 6) is 0.343. The maximum absolute atomic E-state index is 11.3. The number of ether oxygens (including phenoxy) is 1. The van der Waals surface area contributed by atoms with E-state index in [1.807, 2.05) is 17.0 Å². The van der Waals surface area contributed by atoms with Gasteiger partial charge in [0.2, 0.25) is 5.91 Å². The van der Waals surface area contributed by atoms with E-state index in [-0.39, 0.29) is 11.9 Å². The van der Waals surface area contributed by atoms with Crippen LogP contribution in [0.3, 0.4) is 0 Å². The highest BCUT2D eigenvalue weighted by molar-refractivity contribution is 5.84. The number of hydrogen-bond acceptors (Lipinski definition) is 4. The van der Waals surface area contributed by atoms with Crippen LogP contribution in [0, 0.1) is 0 Å². The van der Waals surface area contributed by atoms with Crippen molar-refractivity contribution in [2.45, 2.75) is 18.9 Å². The number of benzene rings is 1. The second kappa shape index (κ2) is 4.53. The highest BCUT2D eigenvalue weighted by atomic mass is 16.5. The van der Waals surface area contributed by atoms with Gasteiger partial charge in [0.1, 0.15) is 11.8 Å². The van der Waals surface area contributed by atoms with Gasteiger partial charge >= 0.3 is 0 Å². The minimum Gasteiger partial charge on any atom is -0.495 e. The number of nitrogens with zero attached hydrogens (tertiary/aromatic N) is 1. The fraction of sp³-hybridized carbons (Fsp3) is 0.417. The minimum absolute atomic E-state index is 0.219. The number of carbonyl (C=O) groups is 1. The molecule has 17 heavy (non-hydrogen) atoms. The normalized spacial score (nSPS) is 19.4. The molecular formula is C12H17N3O2. The molecule has 0 aliphatic carbocycles. The number of carbonyl (C=O) groups excluding carboxylic acids is 1. The summed E-state index contributed by atoms with van der Waals surface area (Å²) in [4.78, 5) is 13.3. The molecule has 0 saturated carbocycles. The van der Waals surface area contributed by atoms with Crippen LogP contribution in [-0.2, 0) is 4.79 Å². The Bertz CT molecular complexity index is 434. The van der Waals surface area contributed by atoms with Crippen LogP contribution >= 0.6 is 0 Å². The van der Waals surface area contributed by atoms with Crippen LogP contribution in [0.15, 0.2) is 18.2 Å². The zero-order valence-electron chi connectivity index (χ0n) is 9.85. The molecule has 1 saturated heterocycles. The zero-order valence-corrected chi connectivity index (χ0v) is 9.85. The summed E-state index contributed by atoms with van der Waals surface area (Å²) in [6, 6.07) is 5.29. The summed E-state index contributed by atoms with van der Waals surface area (Å²) < 4.78 is 5.17. The van der Waals surface area contributed by atoms with Gasteiger partial charge in [-0.1, -0.05) is 0 Å². The first-order valence-corrected chi connectivity index (χ1v) is 5.63. The van der Waals surface area contributed by atoms with E-state index >= 15 is 0 Å². The van der Waals surface area contributed by atoms with Gasteiger partial charge in [-0.25, -0.2) is 0 Å². The molecule has 0 unspecified atom stereocenters. The largest absolute Gasteiger partial charge is 0.495 e. The van der Waals surface area contributed by atoms with Gasteiger partial charge in [-0.15, -0.1) is 0 Å². The summed E-state index contributed by atoms with van der Waals surface area (Å²) >= 11 is 0. The molecule has 4 N–H and O–H groups in total. The molecule has 1 amide bonds. The van der Waals surface area contributed by atoms with Gasteiger partial charge in [-0.3, -0.25) is 4.79 Å². The second-order valence-electron chi connectivity index (χ2n) is 4.18. The molecule has 0 aromatic heterocycles. The van der Waals surface area contributed by atoms with Crippen LogP contribution in [0.4, 0.5) is 11.4 Å². The fourth-order valence-corrected chi connectivity index (χ4v) is 2.25. The van der Waals surface area contributed by atoms with Gasteiger partial charge in [0.25, 0.3) is 0 Å². The third-order valence-corrected chi connectivity index (χ3v) is 3.13.